The van der Waals surface area contributed by atoms with Gasteiger partial charge in [-0.05, 0) is 40.0 Å². The molecule has 0 saturated carbocycles. The van der Waals surface area contributed by atoms with Crippen molar-refractivity contribution in [2.75, 3.05) is 6.61 Å². The molecule has 16 heavy (non-hydrogen) atoms. The highest BCUT2D eigenvalue weighted by Crippen LogP contribution is 2.27. The van der Waals surface area contributed by atoms with E-state index in [1.807, 2.05) is 27.7 Å². The Labute approximate surface area is 97.6 Å². The summed E-state index contributed by atoms with van der Waals surface area (Å²) in [5, 5.41) is 9.34. The predicted molar refractivity (Wildman–Crippen MR) is 62.7 cm³/mol. The maximum absolute atomic E-state index is 11.4. The van der Waals surface area contributed by atoms with Gasteiger partial charge in [0.15, 0.2) is 0 Å². The van der Waals surface area contributed by atoms with Crippen LogP contribution in [0.1, 0.15) is 47.0 Å². The van der Waals surface area contributed by atoms with Gasteiger partial charge < -0.3 is 9.84 Å². The Kier molecular flexibility index (Phi) is 4.19. The van der Waals surface area contributed by atoms with Gasteiger partial charge in [-0.2, -0.15) is 0 Å². The monoisotopic (exact) mass is 229 g/mol. The van der Waals surface area contributed by atoms with Crippen LogP contribution in [0.25, 0.3) is 0 Å². The molecule has 1 fully saturated rings. The summed E-state index contributed by atoms with van der Waals surface area (Å²) in [4.78, 5) is 12.9. The van der Waals surface area contributed by atoms with Gasteiger partial charge in [-0.3, -0.25) is 4.90 Å². The maximum atomic E-state index is 11.4. The fraction of sp³-hybridized carbons (Fsp3) is 0.917. The van der Waals surface area contributed by atoms with E-state index in [9.17, 15) is 9.90 Å². The fourth-order valence-corrected chi connectivity index (χ4v) is 2.44. The highest BCUT2D eigenvalue weighted by atomic mass is 16.5. The lowest BCUT2D eigenvalue weighted by atomic mass is 9.97. The molecule has 1 N–H and O–H groups in total. The largest absolute Gasteiger partial charge is 0.465 e. The number of rotatable bonds is 3. The molecular formula is C12H23NO3. The minimum atomic E-state index is -0.852. The molecule has 1 rings (SSSR count). The van der Waals surface area contributed by atoms with E-state index in [0.29, 0.717) is 0 Å². The summed E-state index contributed by atoms with van der Waals surface area (Å²) < 4.78 is 5.63. The lowest BCUT2D eigenvalue weighted by molar-refractivity contribution is -0.00763. The molecule has 1 saturated heterocycles. The quantitative estimate of drug-likeness (QED) is 0.809. The summed E-state index contributed by atoms with van der Waals surface area (Å²) in [5.74, 6) is 0. The number of carbonyl (C=O) groups is 1. The second-order valence-electron chi connectivity index (χ2n) is 5.35. The van der Waals surface area contributed by atoms with E-state index in [1.54, 1.807) is 4.90 Å². The van der Waals surface area contributed by atoms with Crippen molar-refractivity contribution in [3.8, 4) is 0 Å². The summed E-state index contributed by atoms with van der Waals surface area (Å²) in [7, 11) is 0. The van der Waals surface area contributed by atoms with Crippen LogP contribution in [0.3, 0.4) is 0 Å². The Hall–Kier alpha value is -0.770. The number of hydrogen-bond donors (Lipinski definition) is 1. The molecule has 1 heterocycles. The molecule has 4 heteroatoms. The van der Waals surface area contributed by atoms with Crippen molar-refractivity contribution in [1.82, 2.24) is 4.90 Å². The van der Waals surface area contributed by atoms with Crippen LogP contribution in [0.4, 0.5) is 4.79 Å². The zero-order valence-corrected chi connectivity index (χ0v) is 10.7. The number of hydrogen-bond acceptors (Lipinski definition) is 2. The zero-order chi connectivity index (χ0) is 12.3. The van der Waals surface area contributed by atoms with Gasteiger partial charge in [0.2, 0.25) is 0 Å². The molecule has 0 spiro atoms. The molecule has 1 amide bonds. The molecule has 0 bridgehead atoms. The van der Waals surface area contributed by atoms with E-state index < -0.39 is 6.09 Å². The Morgan fingerprint density at radius 1 is 1.56 bits per heavy atom. The fourth-order valence-electron chi connectivity index (χ4n) is 2.44. The van der Waals surface area contributed by atoms with Crippen LogP contribution >= 0.6 is 0 Å². The molecular weight excluding hydrogens is 206 g/mol. The molecule has 4 nitrogen and oxygen atoms in total. The van der Waals surface area contributed by atoms with Gasteiger partial charge in [0.25, 0.3) is 0 Å². The van der Waals surface area contributed by atoms with Crippen LogP contribution in [0, 0.1) is 0 Å². The van der Waals surface area contributed by atoms with E-state index in [-0.39, 0.29) is 17.7 Å². The van der Waals surface area contributed by atoms with Crippen LogP contribution in [-0.4, -0.2) is 40.4 Å². The molecule has 0 unspecified atom stereocenters. The number of ether oxygens (including phenoxy) is 1. The predicted octanol–water partition coefficient (Wildman–Crippen LogP) is 2.72. The molecule has 94 valence electrons. The smallest absolute Gasteiger partial charge is 0.408 e. The van der Waals surface area contributed by atoms with Crippen molar-refractivity contribution in [2.24, 2.45) is 0 Å². The number of amides is 1. The SMILES string of the molecule is CC[C@H]([C@H]1CCCO1)N(C(=O)O)C(C)(C)C. The third-order valence-electron chi connectivity index (χ3n) is 3.07. The summed E-state index contributed by atoms with van der Waals surface area (Å²) in [6.45, 7) is 8.57. The first kappa shape index (κ1) is 13.3. The van der Waals surface area contributed by atoms with E-state index in [0.717, 1.165) is 25.9 Å². The summed E-state index contributed by atoms with van der Waals surface area (Å²) >= 11 is 0. The van der Waals surface area contributed by atoms with Crippen LogP contribution in [-0.2, 0) is 4.74 Å². The average molecular weight is 229 g/mol. The van der Waals surface area contributed by atoms with E-state index in [1.165, 1.54) is 0 Å². The molecule has 0 aromatic carbocycles. The third-order valence-corrected chi connectivity index (χ3v) is 3.07. The first-order chi connectivity index (χ1) is 7.38. The van der Waals surface area contributed by atoms with Crippen LogP contribution in [0.5, 0.6) is 0 Å². The Bertz CT molecular complexity index is 241. The van der Waals surface area contributed by atoms with E-state index >= 15 is 0 Å². The minimum Gasteiger partial charge on any atom is -0.465 e. The summed E-state index contributed by atoms with van der Waals surface area (Å²) in [6, 6.07) is -0.0278. The van der Waals surface area contributed by atoms with E-state index in [4.69, 9.17) is 4.74 Å². The van der Waals surface area contributed by atoms with Gasteiger partial charge in [-0.15, -0.1) is 0 Å². The van der Waals surface area contributed by atoms with Crippen molar-refractivity contribution in [3.63, 3.8) is 0 Å². The molecule has 1 aliphatic heterocycles. The molecule has 0 aromatic rings. The van der Waals surface area contributed by atoms with Gasteiger partial charge >= 0.3 is 6.09 Å². The van der Waals surface area contributed by atoms with Gasteiger partial charge in [0, 0.05) is 12.1 Å². The Balaban J connectivity index is 2.85. The Morgan fingerprint density at radius 3 is 2.50 bits per heavy atom. The standard InChI is InChI=1S/C12H23NO3/c1-5-9(10-7-6-8-16-10)13(11(14)15)12(2,3)4/h9-10H,5-8H2,1-4H3,(H,14,15)/t9-,10-/m1/s1. The van der Waals surface area contributed by atoms with Crippen molar-refractivity contribution in [3.05, 3.63) is 0 Å². The second-order valence-corrected chi connectivity index (χ2v) is 5.35. The Morgan fingerprint density at radius 2 is 2.19 bits per heavy atom. The number of nitrogens with zero attached hydrogens (tertiary/aromatic N) is 1. The van der Waals surface area contributed by atoms with Crippen molar-refractivity contribution >= 4 is 6.09 Å². The van der Waals surface area contributed by atoms with Gasteiger partial charge in [0.1, 0.15) is 0 Å². The van der Waals surface area contributed by atoms with Crippen LogP contribution in [0.15, 0.2) is 0 Å². The zero-order valence-electron chi connectivity index (χ0n) is 10.7. The van der Waals surface area contributed by atoms with Gasteiger partial charge in [-0.1, -0.05) is 6.92 Å². The molecule has 0 aromatic heterocycles. The van der Waals surface area contributed by atoms with Crippen molar-refractivity contribution in [1.29, 1.82) is 0 Å². The lowest BCUT2D eigenvalue weighted by Gasteiger charge is -2.41. The lowest BCUT2D eigenvalue weighted by Crippen LogP contribution is -2.55. The van der Waals surface area contributed by atoms with E-state index in [2.05, 4.69) is 0 Å². The molecule has 0 aliphatic carbocycles. The minimum absolute atomic E-state index is 0.0278. The third kappa shape index (κ3) is 2.88. The van der Waals surface area contributed by atoms with Crippen LogP contribution < -0.4 is 0 Å². The first-order valence-electron chi connectivity index (χ1n) is 6.01. The molecule has 1 aliphatic rings. The second kappa shape index (κ2) is 5.04. The number of carboxylic acid groups (broad SMARTS) is 1. The summed E-state index contributed by atoms with van der Waals surface area (Å²) in [6.07, 6.45) is 2.03. The van der Waals surface area contributed by atoms with Crippen LogP contribution in [0.2, 0.25) is 0 Å². The maximum Gasteiger partial charge on any atom is 0.408 e. The van der Waals surface area contributed by atoms with Crippen molar-refractivity contribution in [2.45, 2.75) is 64.6 Å². The van der Waals surface area contributed by atoms with Crippen molar-refractivity contribution < 1.29 is 14.6 Å². The van der Waals surface area contributed by atoms with Gasteiger partial charge in [-0.25, -0.2) is 4.79 Å². The topological polar surface area (TPSA) is 49.8 Å². The average Bonchev–Trinajstić information content (AvgIpc) is 2.63. The first-order valence-corrected chi connectivity index (χ1v) is 6.01. The molecule has 0 radical (unpaired) electrons. The highest BCUT2D eigenvalue weighted by molar-refractivity contribution is 5.66. The molecule has 2 atom stereocenters. The normalized spacial score (nSPS) is 23.1. The van der Waals surface area contributed by atoms with Gasteiger partial charge in [0.05, 0.1) is 12.1 Å². The highest BCUT2D eigenvalue weighted by Gasteiger charge is 2.38. The summed E-state index contributed by atoms with van der Waals surface area (Å²) in [5.41, 5.74) is -0.377.